The molecule has 0 atom stereocenters. The van der Waals surface area contributed by atoms with Gasteiger partial charge in [0.15, 0.2) is 5.82 Å². The van der Waals surface area contributed by atoms with E-state index in [1.54, 1.807) is 31.5 Å². The molecule has 0 spiro atoms. The number of amides is 6. The largest absolute Gasteiger partial charge is 0.481 e. The van der Waals surface area contributed by atoms with Crippen LogP contribution in [0.2, 0.25) is 0 Å². The number of carbonyl (C=O) groups is 15. The van der Waals surface area contributed by atoms with Gasteiger partial charge in [0.05, 0.1) is 49.5 Å². The first-order valence-electron chi connectivity index (χ1n) is 36.9. The van der Waals surface area contributed by atoms with Crippen LogP contribution in [-0.4, -0.2) is 388 Å². The summed E-state index contributed by atoms with van der Waals surface area (Å²) in [5.74, 6) is -12.2. The zero-order valence-electron chi connectivity index (χ0n) is 72.6. The highest BCUT2D eigenvalue weighted by atomic mass is 32.2. The minimum Gasteiger partial charge on any atom is -0.481 e. The maximum absolute atomic E-state index is 10.7. The molecule has 86 heteroatoms. The maximum Gasteiger partial charge on any atom is 0.375 e. The molecule has 0 unspecified atom stereocenters. The van der Waals surface area contributed by atoms with Crippen LogP contribution in [-0.2, 0) is 132 Å². The third-order valence-electron chi connectivity index (χ3n) is 12.9. The molecule has 14 heterocycles. The maximum atomic E-state index is 10.7. The second-order valence-electron chi connectivity index (χ2n) is 24.0. The van der Waals surface area contributed by atoms with Gasteiger partial charge in [0.1, 0.15) is 116 Å². The lowest BCUT2D eigenvalue weighted by molar-refractivity contribution is -0.432. The average Bonchev–Trinajstić information content (AvgIpc) is 1.71. The van der Waals surface area contributed by atoms with Crippen molar-refractivity contribution in [3.63, 3.8) is 0 Å². The van der Waals surface area contributed by atoms with Crippen LogP contribution in [0, 0.1) is 6.92 Å². The number of carboxylic acids is 9. The number of carboxylic acid groups (broad SMARTS) is 9. The average molecular weight is 2100 g/mol. The van der Waals surface area contributed by atoms with Crippen LogP contribution in [0.15, 0.2) is 59.5 Å². The molecule has 144 heavy (non-hydrogen) atoms. The number of H-pyrrole nitrogens is 14. The summed E-state index contributed by atoms with van der Waals surface area (Å²) in [6.45, 7) is 2.81. The molecule has 0 saturated heterocycles. The van der Waals surface area contributed by atoms with Gasteiger partial charge in [0, 0.05) is 32.9 Å². The number of primary amides is 5. The van der Waals surface area contributed by atoms with Gasteiger partial charge < -0.3 is 91.4 Å². The SMILES string of the molecule is CNC(=O)Cc1ncn[nH]1.Cc1nc(CC(=O)O)n[nH]1.NC(=O)Cc1ncn[nH]1.NC(=O)c1n[nH]c(C(=O)O)n1.NC(=O)c1n[nH]c(C(N)=O)n1.NC(=O)c1ncn[nH]1.NCCc1cn[nH]n1.NCc1cn[nH]n1.NS(=O)(=O)c1n[nH]c(CC(=O)O)n1.O=C(O)CCc1nc(SOOO)n[nH]1.O=C(O)CCc1ncn[nH]1.O=C(O)Cc1nc(C(=O)O)n[nH]1.O=C(O)Cc1ncn[nH]1.O=C(O)c1n[nH]c(S(=O)(=O)O)n1. The number of primary sulfonamides is 1. The summed E-state index contributed by atoms with van der Waals surface area (Å²) in [6, 6.07) is 0. The molecule has 778 valence electrons. The quantitative estimate of drug-likeness (QED) is 0.00786. The molecule has 14 aromatic rings. The van der Waals surface area contributed by atoms with Gasteiger partial charge >= 0.3 is 63.8 Å². The van der Waals surface area contributed by atoms with Crippen LogP contribution >= 0.6 is 12.0 Å². The predicted octanol–water partition coefficient (Wildman–Crippen LogP) is -12.8. The number of nitrogens with one attached hydrogen (secondary N) is 15. The van der Waals surface area contributed by atoms with Crippen LogP contribution in [0.5, 0.6) is 0 Å². The first-order chi connectivity index (χ1) is 67.9. The van der Waals surface area contributed by atoms with Gasteiger partial charge in [-0.3, -0.25) is 118 Å². The van der Waals surface area contributed by atoms with E-state index in [9.17, 15) is 88.8 Å². The van der Waals surface area contributed by atoms with E-state index in [2.05, 4.69) is 223 Å². The van der Waals surface area contributed by atoms with E-state index in [0.717, 1.165) is 17.8 Å². The van der Waals surface area contributed by atoms with Gasteiger partial charge in [-0.05, 0) is 13.5 Å². The molecule has 0 fully saturated rings. The van der Waals surface area contributed by atoms with Gasteiger partial charge in [-0.2, -0.15) is 84.8 Å². The number of hydrogen-bond acceptors (Lipinski definition) is 53. The molecule has 0 aromatic carbocycles. The van der Waals surface area contributed by atoms with E-state index in [1.807, 2.05) is 5.10 Å². The Hall–Kier alpha value is -20.0. The highest BCUT2D eigenvalue weighted by Gasteiger charge is 2.21. The molecular weight excluding hydrogens is 2020 g/mol. The molecule has 0 aliphatic heterocycles. The first kappa shape index (κ1) is 122. The number of likely N-dealkylation sites (N-methyl/N-ethyl adjacent to an activating group) is 1. The number of aryl methyl sites for hydroxylation is 3. The van der Waals surface area contributed by atoms with Crippen molar-refractivity contribution in [2.45, 2.75) is 99.6 Å². The number of hydrogen-bond donors (Lipinski definition) is 34. The van der Waals surface area contributed by atoms with Gasteiger partial charge in [-0.15, -0.1) is 34.9 Å². The molecule has 0 saturated carbocycles. The van der Waals surface area contributed by atoms with Crippen molar-refractivity contribution in [2.75, 3.05) is 13.6 Å². The van der Waals surface area contributed by atoms with Crippen molar-refractivity contribution in [2.24, 2.45) is 45.3 Å². The van der Waals surface area contributed by atoms with Gasteiger partial charge in [-0.25, -0.2) is 83.2 Å². The van der Waals surface area contributed by atoms with Crippen LogP contribution in [0.1, 0.15) is 151 Å². The monoisotopic (exact) mass is 2100 g/mol. The number of aromatic nitrogens is 42. The third-order valence-corrected chi connectivity index (χ3v) is 14.8. The minimum atomic E-state index is -4.51. The van der Waals surface area contributed by atoms with E-state index >= 15 is 0 Å². The number of rotatable bonds is 33. The third kappa shape index (κ3) is 57.0. The number of nitrogens with zero attached hydrogens (tertiary/aromatic N) is 28. The number of nitrogens with two attached hydrogens (primary N) is 8. The Balaban J connectivity index is 0.000000778. The first-order valence-corrected chi connectivity index (χ1v) is 40.7. The highest BCUT2D eigenvalue weighted by Crippen LogP contribution is 2.14. The molecule has 14 rings (SSSR count). The van der Waals surface area contributed by atoms with E-state index in [0.29, 0.717) is 72.3 Å². The molecule has 14 aromatic heterocycles. The second kappa shape index (κ2) is 66.4. The lowest BCUT2D eigenvalue weighted by atomic mass is 10.3. The Bertz CT molecular complexity index is 6270. The van der Waals surface area contributed by atoms with Crippen molar-refractivity contribution >= 4 is 121 Å². The summed E-state index contributed by atoms with van der Waals surface area (Å²) in [5, 5.41) is 180. The number of aliphatic carboxylic acids is 6. The number of carbonyl (C=O) groups excluding carboxylic acids is 6. The Morgan fingerprint density at radius 2 is 0.833 bits per heavy atom. The Morgan fingerprint density at radius 3 is 1.17 bits per heavy atom. The Morgan fingerprint density at radius 1 is 0.396 bits per heavy atom. The number of aromatic amines is 14. The van der Waals surface area contributed by atoms with Crippen LogP contribution in [0.25, 0.3) is 0 Å². The van der Waals surface area contributed by atoms with Crippen molar-refractivity contribution in [1.82, 2.24) is 218 Å². The molecule has 6 amide bonds. The van der Waals surface area contributed by atoms with Crippen molar-refractivity contribution < 1.29 is 154 Å². The van der Waals surface area contributed by atoms with Gasteiger partial charge in [-0.1, -0.05) is 5.04 Å². The molecule has 0 bridgehead atoms. The fourth-order valence-corrected chi connectivity index (χ4v) is 8.26. The van der Waals surface area contributed by atoms with Gasteiger partial charge in [0.2, 0.25) is 46.1 Å². The van der Waals surface area contributed by atoms with E-state index < -0.39 is 138 Å². The zero-order valence-corrected chi connectivity index (χ0v) is 75.0. The zero-order chi connectivity index (χ0) is 108. The number of aromatic carboxylic acids is 3. The minimum absolute atomic E-state index is 0.0277. The standard InChI is InChI=1S/C5H8N4O.C5H7N3O5S.C5H5N3O4.2C5H7N3O2.C4H5N5O2.C4H6N4O4S.C4H4N4O3.C4H6N4O.C4H8N4.C4H5N3O2.C3H4N4O.C3H6N4.C3H3N3O5S/c1-6-5(10)2-4-7-3-8-9-4;9-4(10)2-1-3-6-5(8-7-3)14-13-12-11;9-3(10)1-2-6-4(5(11)12)8-7-2;1-3-6-4(8-7-3)2-5(9)10;9-5(10)2-1-4-6-3-7-8-4;5-1(10)3-7-4(2(6)11)9-8-3;5-13(11,12)4-6-2(7-8-4)1-3(9)10;5-1(9)2-6-3(4(10)11)8-7-2;5-3(9)1-4-6-2-7-8-4;5-2-1-4-3-6-8-7-4;8-4(9)1-3-5-2-6-7-3;4-2(8)3-5-1-6-7-3;4-1-3-2-5-7-6-3;7-2(8)1-4-3(6-5-1)12(9,10)11/h3H,2H2,1H3,(H,6,10)(H,7,8,9);11H,1-2H2,(H,9,10)(H,6,7,8);1H2,(H,9,10)(H,11,12)(H,6,7,8);2H2,1H3,(H,9,10)(H,6,7,8);3H,1-2H2,(H,9,10)(H,6,7,8);(H2,5,10)(H2,6,11)(H,7,8,9);1H2,(H,9,10)(H2,5,11,12)(H,6,7,8);(H2,5,9)(H,10,11)(H,6,7,8);2H,1H2,(H2,5,9)(H,6,7,8);3H,1-2,5H2,(H,6,7,8);2H,1H2,(H,8,9)(H,5,6,7);1H,(H2,4,8)(H,5,6,7);2H,1,4H2,(H,5,6,7);(H,7,8)(H,4,5,6)(H,9,10,11). The van der Waals surface area contributed by atoms with Crippen molar-refractivity contribution in [1.29, 1.82) is 0 Å². The lowest BCUT2D eigenvalue weighted by Crippen LogP contribution is -2.20. The van der Waals surface area contributed by atoms with Gasteiger partial charge in [0.25, 0.3) is 55.6 Å². The smallest absolute Gasteiger partial charge is 0.375 e. The molecule has 42 N–H and O–H groups in total. The fourth-order valence-electron chi connectivity index (χ4n) is 7.16. The Labute approximate surface area is 797 Å². The summed E-state index contributed by atoms with van der Waals surface area (Å²) in [6.07, 6.45) is 10.7. The summed E-state index contributed by atoms with van der Waals surface area (Å²) < 4.78 is 54.2. The lowest BCUT2D eigenvalue weighted by Gasteiger charge is -1.92. The summed E-state index contributed by atoms with van der Waals surface area (Å²) >= 11 is 0.602. The normalized spacial score (nSPS) is 9.88. The van der Waals surface area contributed by atoms with E-state index in [4.69, 9.17) is 95.9 Å². The predicted molar refractivity (Wildman–Crippen MR) is 449 cm³/mol. The second-order valence-corrected chi connectivity index (χ2v) is 27.4. The topological polar surface area (TPSA) is 1370 Å². The molecule has 0 aliphatic carbocycles. The van der Waals surface area contributed by atoms with Crippen molar-refractivity contribution in [3.05, 3.63) is 149 Å². The van der Waals surface area contributed by atoms with Crippen LogP contribution < -0.4 is 50.6 Å². The number of sulfonamides is 1. The summed E-state index contributed by atoms with van der Waals surface area (Å²) in [5.41, 5.74) is 36.1. The molecule has 0 radical (unpaired) electrons. The van der Waals surface area contributed by atoms with Crippen LogP contribution in [0.4, 0.5) is 0 Å². The Kier molecular flexibility index (Phi) is 56.3. The highest BCUT2D eigenvalue weighted by molar-refractivity contribution is 7.94. The summed E-state index contributed by atoms with van der Waals surface area (Å²) in [7, 11) is -6.89. The summed E-state index contributed by atoms with van der Waals surface area (Å²) in [4.78, 5) is 195. The van der Waals surface area contributed by atoms with Crippen LogP contribution in [0.3, 0.4) is 0 Å². The van der Waals surface area contributed by atoms with E-state index in [1.165, 1.54) is 31.6 Å². The van der Waals surface area contributed by atoms with E-state index in [-0.39, 0.29) is 97.4 Å². The molecule has 83 nitrogen and oxygen atoms in total. The molecular formula is C58H81N51O32S3. The van der Waals surface area contributed by atoms with Crippen molar-refractivity contribution in [3.8, 4) is 0 Å². The molecule has 0 aliphatic rings. The fraction of sp³-hybridized carbons (Fsp3) is 0.259.